The number of ether oxygens (including phenoxy) is 1. The SMILES string of the molecule is O=C(O)C1CCCN1C(c1ccc(F)cc1F)c1ccccc1OCc1ccccc1. The van der Waals surface area contributed by atoms with Crippen molar-refractivity contribution in [2.45, 2.75) is 31.5 Å². The Morgan fingerprint density at radius 2 is 1.77 bits per heavy atom. The summed E-state index contributed by atoms with van der Waals surface area (Å²) in [6.45, 7) is 0.810. The van der Waals surface area contributed by atoms with Crippen LogP contribution in [0.2, 0.25) is 0 Å². The molecule has 2 unspecified atom stereocenters. The summed E-state index contributed by atoms with van der Waals surface area (Å²) in [4.78, 5) is 13.7. The quantitative estimate of drug-likeness (QED) is 0.569. The average Bonchev–Trinajstić information content (AvgIpc) is 3.25. The minimum atomic E-state index is -0.951. The second-order valence-electron chi connectivity index (χ2n) is 7.61. The van der Waals surface area contributed by atoms with Crippen molar-refractivity contribution in [1.82, 2.24) is 4.90 Å². The zero-order chi connectivity index (χ0) is 21.8. The van der Waals surface area contributed by atoms with Crippen molar-refractivity contribution in [3.63, 3.8) is 0 Å². The van der Waals surface area contributed by atoms with E-state index in [2.05, 4.69) is 0 Å². The minimum absolute atomic E-state index is 0.227. The third-order valence-corrected chi connectivity index (χ3v) is 5.62. The Morgan fingerprint density at radius 1 is 1.03 bits per heavy atom. The van der Waals surface area contributed by atoms with E-state index in [0.29, 0.717) is 37.3 Å². The van der Waals surface area contributed by atoms with Gasteiger partial charge in [-0.25, -0.2) is 8.78 Å². The summed E-state index contributed by atoms with van der Waals surface area (Å²) < 4.78 is 34.6. The van der Waals surface area contributed by atoms with Gasteiger partial charge < -0.3 is 9.84 Å². The smallest absolute Gasteiger partial charge is 0.320 e. The van der Waals surface area contributed by atoms with E-state index in [1.807, 2.05) is 48.5 Å². The molecule has 0 spiro atoms. The van der Waals surface area contributed by atoms with Crippen LogP contribution in [0.25, 0.3) is 0 Å². The number of likely N-dealkylation sites (tertiary alicyclic amines) is 1. The maximum absolute atomic E-state index is 14.9. The molecule has 6 heteroatoms. The van der Waals surface area contributed by atoms with Crippen LogP contribution in [-0.4, -0.2) is 28.6 Å². The van der Waals surface area contributed by atoms with E-state index in [4.69, 9.17) is 4.74 Å². The van der Waals surface area contributed by atoms with Gasteiger partial charge in [-0.3, -0.25) is 9.69 Å². The van der Waals surface area contributed by atoms with Gasteiger partial charge >= 0.3 is 5.97 Å². The molecule has 0 radical (unpaired) electrons. The van der Waals surface area contributed by atoms with Crippen LogP contribution in [0.4, 0.5) is 8.78 Å². The van der Waals surface area contributed by atoms with Crippen LogP contribution in [0.5, 0.6) is 5.75 Å². The predicted molar refractivity (Wildman–Crippen MR) is 113 cm³/mol. The summed E-state index contributed by atoms with van der Waals surface area (Å²) in [6, 6.07) is 18.8. The average molecular weight is 423 g/mol. The number of para-hydroxylation sites is 1. The van der Waals surface area contributed by atoms with Gasteiger partial charge in [0, 0.05) is 23.7 Å². The summed E-state index contributed by atoms with van der Waals surface area (Å²) in [5.74, 6) is -1.80. The maximum atomic E-state index is 14.9. The van der Waals surface area contributed by atoms with Gasteiger partial charge in [-0.05, 0) is 30.5 Å². The highest BCUT2D eigenvalue weighted by Gasteiger charge is 2.39. The standard InChI is InChI=1S/C25H23F2NO3/c26-18-12-13-19(21(27)15-18)24(28-14-6-10-22(28)25(29)30)20-9-4-5-11-23(20)31-16-17-7-2-1-3-8-17/h1-5,7-9,11-13,15,22,24H,6,10,14,16H2,(H,29,30). The largest absolute Gasteiger partial charge is 0.489 e. The van der Waals surface area contributed by atoms with E-state index in [1.165, 1.54) is 12.1 Å². The van der Waals surface area contributed by atoms with Crippen LogP contribution in [-0.2, 0) is 11.4 Å². The van der Waals surface area contributed by atoms with Gasteiger partial charge in [0.25, 0.3) is 0 Å². The number of hydrogen-bond donors (Lipinski definition) is 1. The third-order valence-electron chi connectivity index (χ3n) is 5.62. The molecule has 0 amide bonds. The van der Waals surface area contributed by atoms with Gasteiger partial charge in [0.05, 0.1) is 6.04 Å². The molecule has 31 heavy (non-hydrogen) atoms. The summed E-state index contributed by atoms with van der Waals surface area (Å²) in [7, 11) is 0. The zero-order valence-electron chi connectivity index (χ0n) is 16.9. The van der Waals surface area contributed by atoms with Crippen LogP contribution in [0, 0.1) is 11.6 Å². The first kappa shape index (κ1) is 21.0. The fourth-order valence-electron chi connectivity index (χ4n) is 4.18. The lowest BCUT2D eigenvalue weighted by molar-refractivity contribution is -0.142. The molecule has 4 nitrogen and oxygen atoms in total. The van der Waals surface area contributed by atoms with Crippen molar-refractivity contribution in [3.8, 4) is 5.75 Å². The molecule has 0 aromatic heterocycles. The molecule has 4 rings (SSSR count). The van der Waals surface area contributed by atoms with Crippen LogP contribution < -0.4 is 4.74 Å². The first-order valence-electron chi connectivity index (χ1n) is 10.2. The van der Waals surface area contributed by atoms with E-state index in [9.17, 15) is 18.7 Å². The molecule has 1 heterocycles. The molecule has 3 aromatic rings. The number of carboxylic acid groups (broad SMARTS) is 1. The molecule has 0 aliphatic carbocycles. The van der Waals surface area contributed by atoms with Crippen molar-refractivity contribution < 1.29 is 23.4 Å². The molecule has 0 saturated carbocycles. The summed E-state index contributed by atoms with van der Waals surface area (Å²) >= 11 is 0. The zero-order valence-corrected chi connectivity index (χ0v) is 16.9. The van der Waals surface area contributed by atoms with Crippen molar-refractivity contribution in [2.24, 2.45) is 0 Å². The Hall–Kier alpha value is -3.25. The molecule has 1 aliphatic heterocycles. The number of halogens is 2. The molecule has 1 fully saturated rings. The molecule has 1 aliphatic rings. The molecule has 2 atom stereocenters. The summed E-state index contributed by atoms with van der Waals surface area (Å²) in [6.07, 6.45) is 1.16. The number of carboxylic acids is 1. The Labute approximate surface area is 179 Å². The van der Waals surface area contributed by atoms with Crippen molar-refractivity contribution in [3.05, 3.63) is 101 Å². The van der Waals surface area contributed by atoms with Gasteiger partial charge in [-0.2, -0.15) is 0 Å². The topological polar surface area (TPSA) is 49.8 Å². The summed E-state index contributed by atoms with van der Waals surface area (Å²) in [5, 5.41) is 9.73. The number of rotatable bonds is 7. The highest BCUT2D eigenvalue weighted by Crippen LogP contribution is 2.40. The molecule has 1 saturated heterocycles. The van der Waals surface area contributed by atoms with E-state index in [-0.39, 0.29) is 5.56 Å². The Morgan fingerprint density at radius 3 is 2.52 bits per heavy atom. The minimum Gasteiger partial charge on any atom is -0.489 e. The lowest BCUT2D eigenvalue weighted by atomic mass is 9.94. The maximum Gasteiger partial charge on any atom is 0.320 e. The molecule has 160 valence electrons. The number of benzene rings is 3. The fourth-order valence-corrected chi connectivity index (χ4v) is 4.18. The molecular formula is C25H23F2NO3. The Kier molecular flexibility index (Phi) is 6.28. The molecule has 3 aromatic carbocycles. The van der Waals surface area contributed by atoms with Gasteiger partial charge in [-0.15, -0.1) is 0 Å². The van der Waals surface area contributed by atoms with Crippen LogP contribution in [0.3, 0.4) is 0 Å². The van der Waals surface area contributed by atoms with Crippen molar-refractivity contribution in [1.29, 1.82) is 0 Å². The second-order valence-corrected chi connectivity index (χ2v) is 7.61. The normalized spacial score (nSPS) is 17.4. The van der Waals surface area contributed by atoms with Gasteiger partial charge in [-0.1, -0.05) is 54.6 Å². The van der Waals surface area contributed by atoms with Crippen LogP contribution in [0.1, 0.15) is 35.6 Å². The van der Waals surface area contributed by atoms with Crippen LogP contribution in [0.15, 0.2) is 72.8 Å². The van der Waals surface area contributed by atoms with Crippen LogP contribution >= 0.6 is 0 Å². The fraction of sp³-hybridized carbons (Fsp3) is 0.240. The molecule has 0 bridgehead atoms. The number of aliphatic carboxylic acids is 1. The van der Waals surface area contributed by atoms with E-state index < -0.39 is 29.7 Å². The second kappa shape index (κ2) is 9.27. The first-order chi connectivity index (χ1) is 15.0. The van der Waals surface area contributed by atoms with Gasteiger partial charge in [0.2, 0.25) is 0 Å². The Balaban J connectivity index is 1.76. The number of nitrogens with zero attached hydrogens (tertiary/aromatic N) is 1. The van der Waals surface area contributed by atoms with Gasteiger partial charge in [0.15, 0.2) is 0 Å². The number of hydrogen-bond acceptors (Lipinski definition) is 3. The van der Waals surface area contributed by atoms with E-state index in [0.717, 1.165) is 11.6 Å². The lowest BCUT2D eigenvalue weighted by Crippen LogP contribution is -2.39. The van der Waals surface area contributed by atoms with E-state index in [1.54, 1.807) is 11.0 Å². The monoisotopic (exact) mass is 423 g/mol. The van der Waals surface area contributed by atoms with Gasteiger partial charge in [0.1, 0.15) is 30.0 Å². The first-order valence-corrected chi connectivity index (χ1v) is 10.2. The Bertz CT molecular complexity index is 1060. The highest BCUT2D eigenvalue weighted by molar-refractivity contribution is 5.74. The van der Waals surface area contributed by atoms with Crippen molar-refractivity contribution >= 4 is 5.97 Å². The molecular weight excluding hydrogens is 400 g/mol. The van der Waals surface area contributed by atoms with E-state index >= 15 is 0 Å². The lowest BCUT2D eigenvalue weighted by Gasteiger charge is -2.33. The van der Waals surface area contributed by atoms with Crippen molar-refractivity contribution in [2.75, 3.05) is 6.54 Å². The predicted octanol–water partition coefficient (Wildman–Crippen LogP) is 5.18. The highest BCUT2D eigenvalue weighted by atomic mass is 19.1. The summed E-state index contributed by atoms with van der Waals surface area (Å²) in [5.41, 5.74) is 1.86. The number of carbonyl (C=O) groups is 1. The third kappa shape index (κ3) is 4.59. The molecule has 1 N–H and O–H groups in total.